The summed E-state index contributed by atoms with van der Waals surface area (Å²) in [4.78, 5) is 43.5. The number of alkyl halides is 5. The Morgan fingerprint density at radius 1 is 0.896 bits per heavy atom. The number of thioether (sulfide) groups is 1. The van der Waals surface area contributed by atoms with Crippen LogP contribution in [0.3, 0.4) is 0 Å². The summed E-state index contributed by atoms with van der Waals surface area (Å²) in [5.74, 6) is -7.83. The van der Waals surface area contributed by atoms with Crippen molar-refractivity contribution >= 4 is 69.7 Å². The van der Waals surface area contributed by atoms with E-state index in [0.29, 0.717) is 12.1 Å². The Kier molecular flexibility index (Phi) is 10.5. The average molecular weight is 746 g/mol. The van der Waals surface area contributed by atoms with E-state index in [0.717, 1.165) is 23.1 Å². The maximum absolute atomic E-state index is 15.4. The van der Waals surface area contributed by atoms with E-state index in [-0.39, 0.29) is 33.2 Å². The number of carbonyl (C=O) groups excluding carboxylic acids is 3. The predicted molar refractivity (Wildman–Crippen MR) is 170 cm³/mol. The monoisotopic (exact) mass is 744 g/mol. The summed E-state index contributed by atoms with van der Waals surface area (Å²) in [7, 11) is 0. The standard InChI is InChI=1S/C33H21Cl3F6N2O3S/c34-24-4-3-18(44-31(47)29-28(32(29,35)36)16-1-6-26(38)23(11-16)33(40,41)42)13-21(24)27(46)12-17-2-5-25(37)22(30(17)39)14-19(45)15-48-20-7-9-43-10-8-20/h1-11,13,28-29H,12,14-15H2,(H,44,47)/t28-,29+/m0/s1. The van der Waals surface area contributed by atoms with Gasteiger partial charge in [-0.15, -0.1) is 35.0 Å². The first-order valence-corrected chi connectivity index (χ1v) is 16.1. The fourth-order valence-electron chi connectivity index (χ4n) is 5.12. The van der Waals surface area contributed by atoms with Crippen molar-refractivity contribution in [2.24, 2.45) is 5.92 Å². The lowest BCUT2D eigenvalue weighted by Gasteiger charge is -2.12. The number of Topliss-reactive ketones (excluding diaryl/α,β-unsaturated/α-hetero) is 2. The molecule has 3 aromatic carbocycles. The molecule has 250 valence electrons. The van der Waals surface area contributed by atoms with Crippen LogP contribution in [0.5, 0.6) is 0 Å². The van der Waals surface area contributed by atoms with Gasteiger partial charge in [0.05, 0.1) is 22.3 Å². The maximum Gasteiger partial charge on any atom is 0.419 e. The zero-order valence-corrected chi connectivity index (χ0v) is 27.3. The van der Waals surface area contributed by atoms with Crippen molar-refractivity contribution in [3.8, 4) is 0 Å². The largest absolute Gasteiger partial charge is 0.419 e. The van der Waals surface area contributed by atoms with Gasteiger partial charge >= 0.3 is 6.18 Å². The fraction of sp³-hybridized carbons (Fsp3) is 0.212. The minimum atomic E-state index is -4.99. The molecule has 1 fully saturated rings. The first kappa shape index (κ1) is 35.7. The average Bonchev–Trinajstić information content (AvgIpc) is 3.62. The number of hydrogen-bond donors (Lipinski definition) is 1. The highest BCUT2D eigenvalue weighted by Crippen LogP contribution is 2.65. The molecule has 1 amide bonds. The SMILES string of the molecule is O=C(CSc1ccncc1)Cc1c(F)ccc(CC(=O)c2cc(NC(=O)[C@H]3[C@H](c4ccc(F)c(C(F)(F)F)c4)C3(Cl)Cl)ccc2Cl)c1F. The van der Waals surface area contributed by atoms with Crippen LogP contribution in [0.15, 0.2) is 78.0 Å². The normalized spacial score (nSPS) is 16.8. The molecule has 1 heterocycles. The van der Waals surface area contributed by atoms with Crippen LogP contribution in [0.1, 0.15) is 38.5 Å². The lowest BCUT2D eigenvalue weighted by molar-refractivity contribution is -0.140. The first-order valence-electron chi connectivity index (χ1n) is 14.0. The second-order valence-corrected chi connectivity index (χ2v) is 13.7. The summed E-state index contributed by atoms with van der Waals surface area (Å²) in [6, 6.07) is 11.4. The number of ketones is 2. The quantitative estimate of drug-likeness (QED) is 0.0718. The number of carbonyl (C=O) groups is 3. The van der Waals surface area contributed by atoms with E-state index in [1.54, 1.807) is 24.5 Å². The maximum atomic E-state index is 15.4. The molecule has 48 heavy (non-hydrogen) atoms. The fourth-order valence-corrected chi connectivity index (χ4v) is 6.91. The molecule has 0 spiro atoms. The minimum Gasteiger partial charge on any atom is -0.326 e. The van der Waals surface area contributed by atoms with Gasteiger partial charge in [-0.2, -0.15) is 13.2 Å². The molecular weight excluding hydrogens is 725 g/mol. The van der Waals surface area contributed by atoms with E-state index in [1.807, 2.05) is 0 Å². The lowest BCUT2D eigenvalue weighted by Crippen LogP contribution is -2.18. The summed E-state index contributed by atoms with van der Waals surface area (Å²) < 4.78 is 81.6. The highest BCUT2D eigenvalue weighted by Gasteiger charge is 2.67. The van der Waals surface area contributed by atoms with E-state index in [4.69, 9.17) is 34.8 Å². The number of benzene rings is 3. The molecule has 5 rings (SSSR count). The third-order valence-corrected chi connectivity index (χ3v) is 9.91. The van der Waals surface area contributed by atoms with E-state index in [1.165, 1.54) is 30.0 Å². The van der Waals surface area contributed by atoms with E-state index in [2.05, 4.69) is 10.3 Å². The zero-order valence-electron chi connectivity index (χ0n) is 24.2. The molecule has 1 N–H and O–H groups in total. The van der Waals surface area contributed by atoms with Gasteiger partial charge in [-0.25, -0.2) is 13.2 Å². The highest BCUT2D eigenvalue weighted by molar-refractivity contribution is 8.00. The Hall–Kier alpha value is -3.58. The Morgan fingerprint density at radius 3 is 2.27 bits per heavy atom. The van der Waals surface area contributed by atoms with Gasteiger partial charge < -0.3 is 5.32 Å². The Labute approximate surface area is 289 Å². The van der Waals surface area contributed by atoms with Crippen LogP contribution in [0.4, 0.5) is 32.0 Å². The molecule has 15 heteroatoms. The molecule has 0 bridgehead atoms. The molecule has 0 radical (unpaired) electrons. The molecule has 1 aromatic heterocycles. The van der Waals surface area contributed by atoms with Crippen LogP contribution >= 0.6 is 46.6 Å². The van der Waals surface area contributed by atoms with Crippen molar-refractivity contribution in [2.75, 3.05) is 11.1 Å². The number of rotatable bonds is 11. The molecule has 0 saturated heterocycles. The number of amides is 1. The van der Waals surface area contributed by atoms with E-state index >= 15 is 4.39 Å². The first-order chi connectivity index (χ1) is 22.6. The van der Waals surface area contributed by atoms with Gasteiger partial charge in [-0.05, 0) is 59.7 Å². The topological polar surface area (TPSA) is 76.1 Å². The molecule has 1 aliphatic rings. The summed E-state index contributed by atoms with van der Waals surface area (Å²) in [5, 5.41) is 2.44. The van der Waals surface area contributed by atoms with Crippen molar-refractivity contribution in [1.82, 2.24) is 4.98 Å². The van der Waals surface area contributed by atoms with Crippen LogP contribution in [0, 0.1) is 23.4 Å². The van der Waals surface area contributed by atoms with Crippen LogP contribution in [0.25, 0.3) is 0 Å². The van der Waals surface area contributed by atoms with Crippen LogP contribution in [0.2, 0.25) is 5.02 Å². The second kappa shape index (κ2) is 14.1. The molecule has 5 nitrogen and oxygen atoms in total. The number of aromatic nitrogens is 1. The Bertz CT molecular complexity index is 1910. The van der Waals surface area contributed by atoms with E-state index in [9.17, 15) is 36.3 Å². The number of anilines is 1. The number of hydrogen-bond acceptors (Lipinski definition) is 5. The van der Waals surface area contributed by atoms with Crippen LogP contribution < -0.4 is 5.32 Å². The van der Waals surface area contributed by atoms with Crippen molar-refractivity contribution in [2.45, 2.75) is 34.2 Å². The molecule has 2 atom stereocenters. The summed E-state index contributed by atoms with van der Waals surface area (Å²) in [6.45, 7) is 0. The number of halogens is 9. The van der Waals surface area contributed by atoms with Crippen molar-refractivity contribution in [3.63, 3.8) is 0 Å². The molecule has 0 unspecified atom stereocenters. The Balaban J connectivity index is 1.28. The second-order valence-electron chi connectivity index (χ2n) is 10.8. The van der Waals surface area contributed by atoms with Crippen LogP contribution in [-0.4, -0.2) is 32.5 Å². The molecule has 1 saturated carbocycles. The number of nitrogens with one attached hydrogen (secondary N) is 1. The predicted octanol–water partition coefficient (Wildman–Crippen LogP) is 9.03. The van der Waals surface area contributed by atoms with Crippen LogP contribution in [-0.2, 0) is 28.6 Å². The van der Waals surface area contributed by atoms with Crippen molar-refractivity contribution in [1.29, 1.82) is 0 Å². The van der Waals surface area contributed by atoms with Gasteiger partial charge in [-0.1, -0.05) is 23.7 Å². The van der Waals surface area contributed by atoms with Gasteiger partial charge in [-0.3, -0.25) is 19.4 Å². The van der Waals surface area contributed by atoms with Crippen molar-refractivity contribution < 1.29 is 40.7 Å². The third-order valence-electron chi connectivity index (χ3n) is 7.57. The number of nitrogens with zero attached hydrogens (tertiary/aromatic N) is 1. The van der Waals surface area contributed by atoms with Gasteiger partial charge in [0, 0.05) is 52.9 Å². The van der Waals surface area contributed by atoms with Gasteiger partial charge in [0.25, 0.3) is 0 Å². The third kappa shape index (κ3) is 7.83. The molecule has 0 aliphatic heterocycles. The number of pyridine rings is 1. The van der Waals surface area contributed by atoms with Gasteiger partial charge in [0.15, 0.2) is 5.78 Å². The van der Waals surface area contributed by atoms with E-state index < -0.39 is 81.2 Å². The summed E-state index contributed by atoms with van der Waals surface area (Å²) >= 11 is 19.9. The summed E-state index contributed by atoms with van der Waals surface area (Å²) in [5.41, 5.74) is -2.41. The molecule has 1 aliphatic carbocycles. The smallest absolute Gasteiger partial charge is 0.326 e. The van der Waals surface area contributed by atoms with Gasteiger partial charge in [0.1, 0.15) is 27.6 Å². The van der Waals surface area contributed by atoms with Crippen molar-refractivity contribution in [3.05, 3.63) is 123 Å². The zero-order chi connectivity index (χ0) is 35.0. The molecular formula is C33H21Cl3F6N2O3S. The van der Waals surface area contributed by atoms with Gasteiger partial charge in [0.2, 0.25) is 5.91 Å². The highest BCUT2D eigenvalue weighted by atomic mass is 35.5. The summed E-state index contributed by atoms with van der Waals surface area (Å²) in [6.07, 6.45) is -3.01. The minimum absolute atomic E-state index is 0.0372. The Morgan fingerprint density at radius 2 is 1.58 bits per heavy atom. The lowest BCUT2D eigenvalue weighted by atomic mass is 9.98. The molecule has 4 aromatic rings.